The third-order valence-corrected chi connectivity index (χ3v) is 4.45. The molecule has 0 aliphatic carbocycles. The van der Waals surface area contributed by atoms with E-state index in [4.69, 9.17) is 5.11 Å². The molecule has 0 saturated carbocycles. The van der Waals surface area contributed by atoms with Crippen LogP contribution in [0.15, 0.2) is 11.1 Å². The lowest BCUT2D eigenvalue weighted by Crippen LogP contribution is -2.74. The Morgan fingerprint density at radius 1 is 0.366 bits per heavy atom. The fraction of sp³-hybridized carbons (Fsp3) is 0.786. The van der Waals surface area contributed by atoms with Crippen LogP contribution < -0.4 is 0 Å². The van der Waals surface area contributed by atoms with Gasteiger partial charge >= 0.3 is 71.9 Å². The van der Waals surface area contributed by atoms with Gasteiger partial charge in [-0.3, -0.25) is 0 Å². The van der Waals surface area contributed by atoms with Crippen LogP contribution in [0.1, 0.15) is 0 Å². The maximum atomic E-state index is 14.0. The fourth-order valence-corrected chi connectivity index (χ4v) is 2.34. The highest BCUT2D eigenvalue weighted by molar-refractivity contribution is 5.90. The predicted molar refractivity (Wildman–Crippen MR) is 72.4 cm³/mol. The number of allylic oxidation sites excluding steroid dienone is 1. The number of hydrogen-bond donors (Lipinski definition) is 1. The van der Waals surface area contributed by atoms with E-state index in [2.05, 4.69) is 0 Å². The Bertz CT molecular complexity index is 1030. The summed E-state index contributed by atoms with van der Waals surface area (Å²) in [6.07, 6.45) is -24.3. The molecule has 2 nitrogen and oxygen atoms in total. The molecule has 0 atom stereocenters. The van der Waals surface area contributed by atoms with Gasteiger partial charge in [0.2, 0.25) is 0 Å². The van der Waals surface area contributed by atoms with Gasteiger partial charge in [0.05, 0.1) is 0 Å². The Labute approximate surface area is 204 Å². The molecule has 0 aromatic carbocycles. The standard InChI is InChI=1S/C14HF25O2/c15-4(16,13(34,35)36)1(3(40)41)2(6(19,20)21)5(17,18)7(22,23)8(24,25)9(26,27)10(28,29)11(30,31)12(32,33)14(37,38)39/h(H,40,41)/b2-1-. The van der Waals surface area contributed by atoms with Gasteiger partial charge in [-0.05, 0) is 0 Å². The molecule has 0 fully saturated rings. The van der Waals surface area contributed by atoms with Crippen LogP contribution in [0.4, 0.5) is 110 Å². The Hall–Kier alpha value is -2.54. The van der Waals surface area contributed by atoms with Crippen LogP contribution in [0.3, 0.4) is 0 Å². The molecule has 0 bridgehead atoms. The molecule has 0 heterocycles. The molecule has 41 heavy (non-hydrogen) atoms. The van der Waals surface area contributed by atoms with Crippen LogP contribution in [0, 0.1) is 0 Å². The van der Waals surface area contributed by atoms with E-state index in [1.165, 1.54) is 0 Å². The van der Waals surface area contributed by atoms with Gasteiger partial charge in [0, 0.05) is 0 Å². The molecular formula is C14HF25O2. The second kappa shape index (κ2) is 9.48. The fourth-order valence-electron chi connectivity index (χ4n) is 2.34. The molecule has 0 aliphatic heterocycles. The summed E-state index contributed by atoms with van der Waals surface area (Å²) in [4.78, 5) is 10.5. The average Bonchev–Trinajstić information content (AvgIpc) is 2.67. The predicted octanol–water partition coefficient (Wildman–Crippen LogP) is 8.14. The molecule has 0 unspecified atom stereocenters. The molecule has 1 N–H and O–H groups in total. The van der Waals surface area contributed by atoms with Crippen molar-refractivity contribution in [1.29, 1.82) is 0 Å². The van der Waals surface area contributed by atoms with Crippen molar-refractivity contribution in [1.82, 2.24) is 0 Å². The molecule has 0 aliphatic rings. The number of alkyl halides is 25. The van der Waals surface area contributed by atoms with E-state index in [1.54, 1.807) is 0 Å². The van der Waals surface area contributed by atoms with Crippen LogP contribution in [-0.2, 0) is 4.79 Å². The van der Waals surface area contributed by atoms with Crippen molar-refractivity contribution in [2.75, 3.05) is 0 Å². The first-order valence-corrected chi connectivity index (χ1v) is 8.40. The van der Waals surface area contributed by atoms with E-state index in [9.17, 15) is 115 Å². The van der Waals surface area contributed by atoms with Gasteiger partial charge in [0.1, 0.15) is 11.1 Å². The van der Waals surface area contributed by atoms with Crippen molar-refractivity contribution in [3.63, 3.8) is 0 Å². The van der Waals surface area contributed by atoms with Crippen molar-refractivity contribution in [3.05, 3.63) is 11.1 Å². The summed E-state index contributed by atoms with van der Waals surface area (Å²) in [6, 6.07) is 0. The number of carboxylic acid groups (broad SMARTS) is 1. The summed E-state index contributed by atoms with van der Waals surface area (Å²) < 4.78 is 326. The largest absolute Gasteiger partial charge is 0.478 e. The molecular weight excluding hydrogens is 675 g/mol. The first-order chi connectivity index (χ1) is 17.2. The number of carbonyl (C=O) groups is 1. The van der Waals surface area contributed by atoms with Crippen LogP contribution >= 0.6 is 0 Å². The molecule has 27 heteroatoms. The highest BCUT2D eigenvalue weighted by Crippen LogP contribution is 2.65. The summed E-state index contributed by atoms with van der Waals surface area (Å²) in [7, 11) is 0. The summed E-state index contributed by atoms with van der Waals surface area (Å²) >= 11 is 0. The molecule has 0 spiro atoms. The first-order valence-electron chi connectivity index (χ1n) is 8.40. The van der Waals surface area contributed by atoms with E-state index in [0.717, 1.165) is 0 Å². The normalized spacial score (nSPS) is 17.0. The first kappa shape index (κ1) is 38.5. The molecule has 0 radical (unpaired) electrons. The van der Waals surface area contributed by atoms with Crippen molar-refractivity contribution >= 4 is 5.97 Å². The van der Waals surface area contributed by atoms with E-state index >= 15 is 0 Å². The maximum absolute atomic E-state index is 14.0. The lowest BCUT2D eigenvalue weighted by atomic mass is 9.84. The zero-order chi connectivity index (χ0) is 34.2. The van der Waals surface area contributed by atoms with E-state index in [1.807, 2.05) is 0 Å². The molecule has 0 saturated heterocycles. The number of rotatable bonds is 9. The Balaban J connectivity index is 7.92. The molecule has 0 aromatic rings. The summed E-state index contributed by atoms with van der Waals surface area (Å²) in [6.45, 7) is 0. The van der Waals surface area contributed by atoms with Crippen molar-refractivity contribution in [2.45, 2.75) is 65.9 Å². The monoisotopic (exact) mass is 676 g/mol. The maximum Gasteiger partial charge on any atom is 0.460 e. The van der Waals surface area contributed by atoms with E-state index < -0.39 is 83.0 Å². The summed E-state index contributed by atoms with van der Waals surface area (Å²) in [5, 5.41) is 8.14. The SMILES string of the molecule is O=C(O)/C(=C(/C(F)(F)F)C(F)(F)C(F)(F)C(F)(F)C(F)(F)C(F)(F)C(F)(F)C(F)(F)C(F)(F)F)C(F)(F)C(F)(F)F. The smallest absolute Gasteiger partial charge is 0.460 e. The number of hydrogen-bond acceptors (Lipinski definition) is 1. The van der Waals surface area contributed by atoms with Gasteiger partial charge in [0.25, 0.3) is 0 Å². The van der Waals surface area contributed by atoms with Crippen LogP contribution in [0.25, 0.3) is 0 Å². The number of carboxylic acids is 1. The van der Waals surface area contributed by atoms with Gasteiger partial charge in [-0.2, -0.15) is 110 Å². The lowest BCUT2D eigenvalue weighted by Gasteiger charge is -2.43. The average molecular weight is 676 g/mol. The molecule has 0 amide bonds. The summed E-state index contributed by atoms with van der Waals surface area (Å²) in [5.41, 5.74) is -11.5. The number of halogens is 25. The van der Waals surface area contributed by atoms with Gasteiger partial charge in [-0.15, -0.1) is 0 Å². The third-order valence-electron chi connectivity index (χ3n) is 4.45. The van der Waals surface area contributed by atoms with E-state index in [-0.39, 0.29) is 0 Å². The van der Waals surface area contributed by atoms with Crippen LogP contribution in [0.2, 0.25) is 0 Å². The Morgan fingerprint density at radius 3 is 0.854 bits per heavy atom. The highest BCUT2D eigenvalue weighted by atomic mass is 19.4. The topological polar surface area (TPSA) is 37.3 Å². The quantitative estimate of drug-likeness (QED) is 0.198. The minimum atomic E-state index is -9.56. The van der Waals surface area contributed by atoms with Gasteiger partial charge in [-0.25, -0.2) is 4.79 Å². The second-order valence-electron chi connectivity index (χ2n) is 7.14. The van der Waals surface area contributed by atoms with Gasteiger partial charge in [-0.1, -0.05) is 0 Å². The van der Waals surface area contributed by atoms with Crippen LogP contribution in [0.5, 0.6) is 0 Å². The van der Waals surface area contributed by atoms with Crippen LogP contribution in [-0.4, -0.2) is 77.0 Å². The van der Waals surface area contributed by atoms with Crippen molar-refractivity contribution in [2.24, 2.45) is 0 Å². The lowest BCUT2D eigenvalue weighted by molar-refractivity contribution is -0.460. The molecule has 244 valence electrons. The third kappa shape index (κ3) is 5.17. The number of aliphatic carboxylic acids is 1. The van der Waals surface area contributed by atoms with Crippen molar-refractivity contribution < 1.29 is 120 Å². The zero-order valence-electron chi connectivity index (χ0n) is 17.3. The highest BCUT2D eigenvalue weighted by Gasteiger charge is 2.96. The molecule has 0 aromatic heterocycles. The Morgan fingerprint density at radius 2 is 0.634 bits per heavy atom. The minimum absolute atomic E-state index is 4.72. The van der Waals surface area contributed by atoms with Crippen molar-refractivity contribution in [3.8, 4) is 0 Å². The van der Waals surface area contributed by atoms with Gasteiger partial charge < -0.3 is 5.11 Å². The minimum Gasteiger partial charge on any atom is -0.478 e. The summed E-state index contributed by atoms with van der Waals surface area (Å²) in [5.74, 6) is -77.5. The van der Waals surface area contributed by atoms with E-state index in [0.29, 0.717) is 0 Å². The second-order valence-corrected chi connectivity index (χ2v) is 7.14. The molecule has 0 rings (SSSR count). The van der Waals surface area contributed by atoms with Gasteiger partial charge in [0.15, 0.2) is 0 Å². The zero-order valence-corrected chi connectivity index (χ0v) is 17.3. The Kier molecular flexibility index (Phi) is 8.90.